The molecule has 1 unspecified atom stereocenters. The monoisotopic (exact) mass is 539 g/mol. The molecule has 3 aromatic carbocycles. The Hall–Kier alpha value is -4.43. The fourth-order valence-electron chi connectivity index (χ4n) is 5.67. The van der Waals surface area contributed by atoms with E-state index in [1.165, 1.54) is 4.90 Å². The van der Waals surface area contributed by atoms with E-state index in [0.717, 1.165) is 16.7 Å². The lowest BCUT2D eigenvalue weighted by molar-refractivity contribution is -0.129. The minimum absolute atomic E-state index is 0.0527. The molecule has 0 aromatic heterocycles. The average Bonchev–Trinajstić information content (AvgIpc) is 2.97. The first-order valence-electron chi connectivity index (χ1n) is 13.2. The summed E-state index contributed by atoms with van der Waals surface area (Å²) < 4.78 is 11.1. The maximum absolute atomic E-state index is 13.9. The number of methoxy groups -OCH3 is 2. The molecule has 3 aromatic rings. The molecule has 0 spiro atoms. The molecule has 0 saturated heterocycles. The van der Waals surface area contributed by atoms with Crippen molar-refractivity contribution in [3.8, 4) is 11.5 Å². The Morgan fingerprint density at radius 3 is 2.02 bits per heavy atom. The van der Waals surface area contributed by atoms with Gasteiger partial charge in [0, 0.05) is 38.8 Å². The third-order valence-electron chi connectivity index (χ3n) is 7.65. The molecule has 1 aliphatic carbocycles. The van der Waals surface area contributed by atoms with Crippen LogP contribution in [0, 0.1) is 0 Å². The van der Waals surface area contributed by atoms with Gasteiger partial charge in [-0.25, -0.2) is 0 Å². The molecule has 0 saturated carbocycles. The van der Waals surface area contributed by atoms with Crippen LogP contribution in [0.4, 0.5) is 0 Å². The molecule has 40 heavy (non-hydrogen) atoms. The first-order chi connectivity index (χ1) is 19.3. The number of fused-ring (bicyclic) bond motifs is 2. The molecule has 1 amide bonds. The number of carbonyl (C=O) groups excluding carboxylic acids is 3. The van der Waals surface area contributed by atoms with Crippen LogP contribution in [0.15, 0.2) is 78.1 Å². The predicted octanol–water partition coefficient (Wildman–Crippen LogP) is 3.96. The molecule has 1 atom stereocenters. The van der Waals surface area contributed by atoms with Gasteiger partial charge in [-0.15, -0.1) is 0 Å². The molecular formula is C32H33N3O5. The van der Waals surface area contributed by atoms with Crippen LogP contribution in [-0.2, 0) is 11.2 Å². The van der Waals surface area contributed by atoms with Gasteiger partial charge in [-0.1, -0.05) is 54.6 Å². The van der Waals surface area contributed by atoms with E-state index in [0.29, 0.717) is 35.6 Å². The van der Waals surface area contributed by atoms with Crippen LogP contribution in [0.2, 0.25) is 0 Å². The molecule has 0 radical (unpaired) electrons. The van der Waals surface area contributed by atoms with Gasteiger partial charge in [0.15, 0.2) is 11.5 Å². The minimum atomic E-state index is -0.338. The smallest absolute Gasteiger partial charge is 0.241 e. The Bertz CT molecular complexity index is 1510. The van der Waals surface area contributed by atoms with Crippen molar-refractivity contribution in [1.29, 1.82) is 0 Å². The molecule has 8 heteroatoms. The van der Waals surface area contributed by atoms with E-state index in [1.807, 2.05) is 42.5 Å². The van der Waals surface area contributed by atoms with Crippen LogP contribution >= 0.6 is 0 Å². The van der Waals surface area contributed by atoms with E-state index in [9.17, 15) is 14.4 Å². The van der Waals surface area contributed by atoms with Gasteiger partial charge in [-0.05, 0) is 35.2 Å². The van der Waals surface area contributed by atoms with Crippen molar-refractivity contribution in [3.63, 3.8) is 0 Å². The molecule has 8 nitrogen and oxygen atoms in total. The summed E-state index contributed by atoms with van der Waals surface area (Å²) in [5, 5.41) is 0. The van der Waals surface area contributed by atoms with E-state index in [-0.39, 0.29) is 41.5 Å². The van der Waals surface area contributed by atoms with Crippen molar-refractivity contribution in [1.82, 2.24) is 14.7 Å². The Balaban J connectivity index is 1.52. The highest BCUT2D eigenvalue weighted by Gasteiger charge is 2.38. The zero-order chi connectivity index (χ0) is 28.6. The second kappa shape index (κ2) is 11.0. The van der Waals surface area contributed by atoms with Gasteiger partial charge in [-0.2, -0.15) is 0 Å². The van der Waals surface area contributed by atoms with Crippen LogP contribution in [-0.4, -0.2) is 80.6 Å². The maximum Gasteiger partial charge on any atom is 0.241 e. The third kappa shape index (κ3) is 4.64. The number of Topliss-reactive ketones (excluding diaryl/α,β-unsaturated/α-hetero) is 2. The highest BCUT2D eigenvalue weighted by molar-refractivity contribution is 6.27. The van der Waals surface area contributed by atoms with Crippen molar-refractivity contribution in [2.24, 2.45) is 0 Å². The minimum Gasteiger partial charge on any atom is -0.493 e. The van der Waals surface area contributed by atoms with Gasteiger partial charge in [-0.3, -0.25) is 19.3 Å². The first kappa shape index (κ1) is 27.1. The summed E-state index contributed by atoms with van der Waals surface area (Å²) in [5.41, 5.74) is 4.17. The molecule has 1 aliphatic heterocycles. The first-order valence-corrected chi connectivity index (χ1v) is 13.2. The molecule has 0 bridgehead atoms. The van der Waals surface area contributed by atoms with E-state index in [1.54, 1.807) is 64.5 Å². The van der Waals surface area contributed by atoms with Crippen LogP contribution < -0.4 is 9.47 Å². The van der Waals surface area contributed by atoms with Crippen molar-refractivity contribution < 1.29 is 23.9 Å². The number of hydrogen-bond donors (Lipinski definition) is 0. The Kier molecular flexibility index (Phi) is 7.45. The summed E-state index contributed by atoms with van der Waals surface area (Å²) in [6.07, 6.45) is 0.715. The van der Waals surface area contributed by atoms with Gasteiger partial charge in [0.2, 0.25) is 17.5 Å². The highest BCUT2D eigenvalue weighted by Crippen LogP contribution is 2.41. The summed E-state index contributed by atoms with van der Waals surface area (Å²) in [7, 11) is 8.22. The second-order valence-electron chi connectivity index (χ2n) is 10.2. The number of rotatable bonds is 7. The van der Waals surface area contributed by atoms with Crippen LogP contribution in [0.5, 0.6) is 11.5 Å². The third-order valence-corrected chi connectivity index (χ3v) is 7.65. The number of hydrogen-bond acceptors (Lipinski definition) is 7. The largest absolute Gasteiger partial charge is 0.493 e. The SMILES string of the molecule is COc1cc2c(cc1OC)C(c1ccccc1)N(CC(=O)N(C)C1=C(N(C)C)C(=O)c3ccccc3C1=O)CC2. The lowest BCUT2D eigenvalue weighted by Gasteiger charge is -2.39. The molecule has 5 rings (SSSR count). The van der Waals surface area contributed by atoms with Crippen molar-refractivity contribution in [2.45, 2.75) is 12.5 Å². The molecule has 1 heterocycles. The number of ether oxygens (including phenoxy) is 2. The predicted molar refractivity (Wildman–Crippen MR) is 152 cm³/mol. The highest BCUT2D eigenvalue weighted by atomic mass is 16.5. The van der Waals surface area contributed by atoms with Crippen molar-refractivity contribution in [3.05, 3.63) is 106 Å². The summed E-state index contributed by atoms with van der Waals surface area (Å²) in [6, 6.07) is 20.5. The maximum atomic E-state index is 13.9. The second-order valence-corrected chi connectivity index (χ2v) is 10.2. The van der Waals surface area contributed by atoms with E-state index >= 15 is 0 Å². The van der Waals surface area contributed by atoms with Crippen LogP contribution in [0.25, 0.3) is 0 Å². The molecule has 0 fully saturated rings. The summed E-state index contributed by atoms with van der Waals surface area (Å²) in [4.78, 5) is 46.0. The van der Waals surface area contributed by atoms with Crippen molar-refractivity contribution in [2.75, 3.05) is 48.5 Å². The molecule has 0 N–H and O–H groups in total. The van der Waals surface area contributed by atoms with Gasteiger partial charge in [0.1, 0.15) is 11.4 Å². The van der Waals surface area contributed by atoms with Crippen LogP contribution in [0.3, 0.4) is 0 Å². The number of carbonyl (C=O) groups is 3. The molecule has 206 valence electrons. The Morgan fingerprint density at radius 2 is 1.43 bits per heavy atom. The van der Waals surface area contributed by atoms with Gasteiger partial charge >= 0.3 is 0 Å². The quantitative estimate of drug-likeness (QED) is 0.450. The molecular weight excluding hydrogens is 506 g/mol. The summed E-state index contributed by atoms with van der Waals surface area (Å²) >= 11 is 0. The normalized spacial score (nSPS) is 16.8. The lowest BCUT2D eigenvalue weighted by Crippen LogP contribution is -2.46. The number of likely N-dealkylation sites (N-methyl/N-ethyl adjacent to an activating group) is 2. The fourth-order valence-corrected chi connectivity index (χ4v) is 5.67. The van der Waals surface area contributed by atoms with E-state index in [2.05, 4.69) is 4.90 Å². The number of nitrogens with zero attached hydrogens (tertiary/aromatic N) is 3. The fraction of sp³-hybridized carbons (Fsp3) is 0.281. The summed E-state index contributed by atoms with van der Waals surface area (Å²) in [6.45, 7) is 0.675. The number of allylic oxidation sites excluding steroid dienone is 2. The number of ketones is 2. The van der Waals surface area contributed by atoms with Crippen LogP contribution in [0.1, 0.15) is 43.4 Å². The lowest BCUT2D eigenvalue weighted by atomic mass is 9.87. The zero-order valence-corrected chi connectivity index (χ0v) is 23.4. The van der Waals surface area contributed by atoms with Gasteiger partial charge in [0.05, 0.1) is 26.8 Å². The standard InChI is InChI=1S/C32H33N3O5/c1-33(2)29-30(32(38)23-14-10-9-13-22(23)31(29)37)34(3)27(36)19-35-16-15-21-17-25(39-4)26(40-5)18-24(21)28(35)20-11-7-6-8-12-20/h6-14,17-18,28H,15-16,19H2,1-5H3. The number of amides is 1. The Morgan fingerprint density at radius 1 is 0.850 bits per heavy atom. The topological polar surface area (TPSA) is 79.4 Å². The van der Waals surface area contributed by atoms with E-state index in [4.69, 9.17) is 9.47 Å². The summed E-state index contributed by atoms with van der Waals surface area (Å²) in [5.74, 6) is 0.402. The van der Waals surface area contributed by atoms with E-state index < -0.39 is 0 Å². The van der Waals surface area contributed by atoms with Crippen molar-refractivity contribution >= 4 is 17.5 Å². The Labute approximate surface area is 234 Å². The van der Waals surface area contributed by atoms with Gasteiger partial charge in [0.25, 0.3) is 0 Å². The number of benzene rings is 3. The van der Waals surface area contributed by atoms with Gasteiger partial charge < -0.3 is 19.3 Å². The molecule has 2 aliphatic rings. The average molecular weight is 540 g/mol. The zero-order valence-electron chi connectivity index (χ0n) is 23.4.